The normalized spacial score (nSPS) is 12.0. The molecular formula is C26H27BrFN3O4S. The van der Waals surface area contributed by atoms with Crippen molar-refractivity contribution >= 4 is 43.5 Å². The van der Waals surface area contributed by atoms with E-state index in [-0.39, 0.29) is 24.6 Å². The molecule has 3 aromatic rings. The van der Waals surface area contributed by atoms with Crippen molar-refractivity contribution in [3.8, 4) is 0 Å². The molecule has 0 aromatic heterocycles. The fourth-order valence-electron chi connectivity index (χ4n) is 3.73. The van der Waals surface area contributed by atoms with Gasteiger partial charge in [-0.15, -0.1) is 0 Å². The number of anilines is 1. The molecule has 3 rings (SSSR count). The van der Waals surface area contributed by atoms with E-state index in [1.807, 2.05) is 54.6 Å². The molecule has 1 atom stereocenters. The van der Waals surface area contributed by atoms with Gasteiger partial charge in [-0.3, -0.25) is 13.9 Å². The van der Waals surface area contributed by atoms with Crippen molar-refractivity contribution in [2.45, 2.75) is 19.0 Å². The van der Waals surface area contributed by atoms with Crippen LogP contribution in [0.4, 0.5) is 10.1 Å². The van der Waals surface area contributed by atoms with E-state index in [1.165, 1.54) is 24.1 Å². The van der Waals surface area contributed by atoms with Crippen LogP contribution in [-0.2, 0) is 32.6 Å². The molecule has 0 bridgehead atoms. The summed E-state index contributed by atoms with van der Waals surface area (Å²) in [6.45, 7) is -0.471. The van der Waals surface area contributed by atoms with Crippen molar-refractivity contribution in [1.29, 1.82) is 0 Å². The fourth-order valence-corrected chi connectivity index (χ4v) is 4.84. The molecule has 0 heterocycles. The van der Waals surface area contributed by atoms with Gasteiger partial charge in [-0.05, 0) is 47.5 Å². The van der Waals surface area contributed by atoms with E-state index in [1.54, 1.807) is 0 Å². The number of amides is 2. The number of nitrogens with zero attached hydrogens (tertiary/aromatic N) is 2. The van der Waals surface area contributed by atoms with Gasteiger partial charge in [-0.2, -0.15) is 0 Å². The number of carbonyl (C=O) groups excluding carboxylic acids is 2. The molecule has 1 N–H and O–H groups in total. The maximum absolute atomic E-state index is 13.7. The molecule has 0 radical (unpaired) electrons. The minimum atomic E-state index is -3.89. The molecule has 0 aliphatic heterocycles. The van der Waals surface area contributed by atoms with Crippen molar-refractivity contribution in [3.05, 3.63) is 100 Å². The molecule has 0 saturated carbocycles. The summed E-state index contributed by atoms with van der Waals surface area (Å²) in [5.41, 5.74) is 1.76. The molecule has 0 fully saturated rings. The van der Waals surface area contributed by atoms with Crippen LogP contribution in [0.25, 0.3) is 0 Å². The van der Waals surface area contributed by atoms with E-state index in [0.717, 1.165) is 38.3 Å². The Kier molecular flexibility index (Phi) is 9.22. The summed E-state index contributed by atoms with van der Waals surface area (Å²) < 4.78 is 40.4. The minimum absolute atomic E-state index is 0.0814. The molecule has 3 aromatic carbocycles. The van der Waals surface area contributed by atoms with Crippen LogP contribution in [0, 0.1) is 5.82 Å². The molecule has 0 aliphatic carbocycles. The van der Waals surface area contributed by atoms with E-state index in [2.05, 4.69) is 21.2 Å². The SMILES string of the molecule is CNC(=O)[C@H](Cc1ccccc1)N(Cc1ccc(Br)cc1)C(=O)CN(c1ccc(F)cc1)S(C)(=O)=O. The highest BCUT2D eigenvalue weighted by Gasteiger charge is 2.32. The molecular weight excluding hydrogens is 549 g/mol. The first-order valence-electron chi connectivity index (χ1n) is 11.1. The number of likely N-dealkylation sites (N-methyl/N-ethyl adjacent to an activating group) is 1. The summed E-state index contributed by atoms with van der Waals surface area (Å²) in [4.78, 5) is 28.1. The number of nitrogens with one attached hydrogen (secondary N) is 1. The van der Waals surface area contributed by atoms with Gasteiger partial charge in [0.2, 0.25) is 21.8 Å². The number of hydrogen-bond acceptors (Lipinski definition) is 4. The van der Waals surface area contributed by atoms with Gasteiger partial charge in [0.05, 0.1) is 11.9 Å². The number of benzene rings is 3. The van der Waals surface area contributed by atoms with E-state index >= 15 is 0 Å². The lowest BCUT2D eigenvalue weighted by molar-refractivity contribution is -0.139. The third-order valence-corrected chi connectivity index (χ3v) is 7.25. The second kappa shape index (κ2) is 12.1. The Morgan fingerprint density at radius 1 is 0.944 bits per heavy atom. The van der Waals surface area contributed by atoms with Crippen LogP contribution < -0.4 is 9.62 Å². The highest BCUT2D eigenvalue weighted by Crippen LogP contribution is 2.21. The third kappa shape index (κ3) is 7.38. The Bertz CT molecular complexity index is 1290. The van der Waals surface area contributed by atoms with Crippen molar-refractivity contribution in [2.75, 3.05) is 24.2 Å². The van der Waals surface area contributed by atoms with Crippen LogP contribution >= 0.6 is 15.9 Å². The molecule has 36 heavy (non-hydrogen) atoms. The number of hydrogen-bond donors (Lipinski definition) is 1. The molecule has 7 nitrogen and oxygen atoms in total. The van der Waals surface area contributed by atoms with E-state index in [4.69, 9.17) is 0 Å². The number of carbonyl (C=O) groups is 2. The summed E-state index contributed by atoms with van der Waals surface area (Å²) >= 11 is 3.39. The predicted octanol–water partition coefficient (Wildman–Crippen LogP) is 3.74. The van der Waals surface area contributed by atoms with Crippen molar-refractivity contribution in [3.63, 3.8) is 0 Å². The molecule has 2 amide bonds. The second-order valence-electron chi connectivity index (χ2n) is 8.21. The zero-order valence-corrected chi connectivity index (χ0v) is 22.3. The highest BCUT2D eigenvalue weighted by atomic mass is 79.9. The maximum Gasteiger partial charge on any atom is 0.244 e. The Morgan fingerprint density at radius 3 is 2.11 bits per heavy atom. The van der Waals surface area contributed by atoms with Crippen LogP contribution in [0.5, 0.6) is 0 Å². The van der Waals surface area contributed by atoms with Gasteiger partial charge in [0.25, 0.3) is 0 Å². The summed E-state index contributed by atoms with van der Waals surface area (Å²) in [7, 11) is -2.40. The van der Waals surface area contributed by atoms with Crippen LogP contribution in [0.2, 0.25) is 0 Å². The lowest BCUT2D eigenvalue weighted by Gasteiger charge is -2.33. The Morgan fingerprint density at radius 2 is 1.56 bits per heavy atom. The van der Waals surface area contributed by atoms with Crippen LogP contribution in [0.15, 0.2) is 83.3 Å². The largest absolute Gasteiger partial charge is 0.357 e. The first-order chi connectivity index (χ1) is 17.1. The zero-order chi connectivity index (χ0) is 26.3. The zero-order valence-electron chi connectivity index (χ0n) is 19.9. The van der Waals surface area contributed by atoms with E-state index in [0.29, 0.717) is 0 Å². The van der Waals surface area contributed by atoms with Crippen molar-refractivity contribution in [1.82, 2.24) is 10.2 Å². The third-order valence-electron chi connectivity index (χ3n) is 5.58. The van der Waals surface area contributed by atoms with E-state index < -0.39 is 34.3 Å². The summed E-state index contributed by atoms with van der Waals surface area (Å²) in [5, 5.41) is 2.62. The molecule has 0 aliphatic rings. The molecule has 0 spiro atoms. The Labute approximate surface area is 219 Å². The number of halogens is 2. The highest BCUT2D eigenvalue weighted by molar-refractivity contribution is 9.10. The predicted molar refractivity (Wildman–Crippen MR) is 141 cm³/mol. The van der Waals surface area contributed by atoms with Gasteiger partial charge in [0.15, 0.2) is 0 Å². The Hall–Kier alpha value is -3.24. The van der Waals surface area contributed by atoms with Gasteiger partial charge in [-0.25, -0.2) is 12.8 Å². The topological polar surface area (TPSA) is 86.8 Å². The fraction of sp³-hybridized carbons (Fsp3) is 0.231. The van der Waals surface area contributed by atoms with Gasteiger partial charge < -0.3 is 10.2 Å². The first-order valence-corrected chi connectivity index (χ1v) is 13.8. The van der Waals surface area contributed by atoms with Crippen molar-refractivity contribution < 1.29 is 22.4 Å². The monoisotopic (exact) mass is 575 g/mol. The average molecular weight is 576 g/mol. The second-order valence-corrected chi connectivity index (χ2v) is 11.0. The minimum Gasteiger partial charge on any atom is -0.357 e. The van der Waals surface area contributed by atoms with Gasteiger partial charge in [0, 0.05) is 24.5 Å². The summed E-state index contributed by atoms with van der Waals surface area (Å²) in [5.74, 6) is -1.48. The van der Waals surface area contributed by atoms with Crippen LogP contribution in [-0.4, -0.2) is 51.0 Å². The summed E-state index contributed by atoms with van der Waals surface area (Å²) in [6, 6.07) is 20.5. The van der Waals surface area contributed by atoms with E-state index in [9.17, 15) is 22.4 Å². The number of sulfonamides is 1. The average Bonchev–Trinajstić information content (AvgIpc) is 2.86. The quantitative estimate of drug-likeness (QED) is 0.399. The standard InChI is InChI=1S/C26H27BrFN3O4S/c1-29-26(33)24(16-19-6-4-3-5-7-19)30(17-20-8-10-21(27)11-9-20)25(32)18-31(36(2,34)35)23-14-12-22(28)13-15-23/h3-15,24H,16-18H2,1-2H3,(H,29,33)/t24-/m0/s1. The maximum atomic E-state index is 13.7. The van der Waals surface area contributed by atoms with Gasteiger partial charge in [0.1, 0.15) is 18.4 Å². The smallest absolute Gasteiger partial charge is 0.244 e. The van der Waals surface area contributed by atoms with Gasteiger partial charge >= 0.3 is 0 Å². The molecule has 0 saturated heterocycles. The lowest BCUT2D eigenvalue weighted by Crippen LogP contribution is -2.52. The molecule has 190 valence electrons. The van der Waals surface area contributed by atoms with Gasteiger partial charge in [-0.1, -0.05) is 58.4 Å². The van der Waals surface area contributed by atoms with Crippen LogP contribution in [0.3, 0.4) is 0 Å². The lowest BCUT2D eigenvalue weighted by atomic mass is 10.0. The Balaban J connectivity index is 2.00. The van der Waals surface area contributed by atoms with Crippen molar-refractivity contribution in [2.24, 2.45) is 0 Å². The molecule has 10 heteroatoms. The molecule has 0 unspecified atom stereocenters. The summed E-state index contributed by atoms with van der Waals surface area (Å²) in [6.07, 6.45) is 1.21. The van der Waals surface area contributed by atoms with Crippen LogP contribution in [0.1, 0.15) is 11.1 Å². The number of rotatable bonds is 10. The first kappa shape index (κ1) is 27.3.